The zero-order valence-electron chi connectivity index (χ0n) is 9.00. The molecule has 3 nitrogen and oxygen atoms in total. The Hall–Kier alpha value is -1.06. The topological polar surface area (TPSA) is 38.3 Å². The molecular weight excluding hydrogens is 214 g/mol. The van der Waals surface area contributed by atoms with Gasteiger partial charge in [0.2, 0.25) is 0 Å². The third kappa shape index (κ3) is 4.32. The van der Waals surface area contributed by atoms with Crippen LogP contribution in [0.2, 0.25) is 5.02 Å². The van der Waals surface area contributed by atoms with Crippen molar-refractivity contribution < 1.29 is 9.63 Å². The zero-order valence-corrected chi connectivity index (χ0v) is 9.76. The minimum absolute atomic E-state index is 0.299. The van der Waals surface area contributed by atoms with Crippen molar-refractivity contribution >= 4 is 17.5 Å². The summed E-state index contributed by atoms with van der Waals surface area (Å²) in [6.45, 7) is 5.56. The molecule has 82 valence electrons. The third-order valence-electron chi connectivity index (χ3n) is 1.54. The predicted octanol–water partition coefficient (Wildman–Crippen LogP) is 2.80. The molecule has 4 heteroatoms. The van der Waals surface area contributed by atoms with Gasteiger partial charge in [0, 0.05) is 10.6 Å². The lowest BCUT2D eigenvalue weighted by atomic mass is 10.2. The fraction of sp³-hybridized carbons (Fsp3) is 0.364. The first-order valence-corrected chi connectivity index (χ1v) is 5.00. The van der Waals surface area contributed by atoms with Crippen molar-refractivity contribution in [3.05, 3.63) is 34.9 Å². The van der Waals surface area contributed by atoms with Crippen molar-refractivity contribution in [3.63, 3.8) is 0 Å². The first kappa shape index (κ1) is 12.0. The van der Waals surface area contributed by atoms with E-state index in [9.17, 15) is 4.79 Å². The SMILES string of the molecule is CC(C)(C)ONC(=O)c1cccc(Cl)c1. The summed E-state index contributed by atoms with van der Waals surface area (Å²) in [6.07, 6.45) is 0. The van der Waals surface area contributed by atoms with E-state index in [0.717, 1.165) is 0 Å². The van der Waals surface area contributed by atoms with Crippen LogP contribution in [0.1, 0.15) is 31.1 Å². The molecule has 0 fully saturated rings. The second-order valence-corrected chi connectivity index (χ2v) is 4.59. The van der Waals surface area contributed by atoms with Crippen molar-refractivity contribution in [1.29, 1.82) is 0 Å². The average molecular weight is 228 g/mol. The Morgan fingerprint density at radius 3 is 2.60 bits per heavy atom. The fourth-order valence-corrected chi connectivity index (χ4v) is 1.08. The van der Waals surface area contributed by atoms with E-state index >= 15 is 0 Å². The normalized spacial score (nSPS) is 11.2. The summed E-state index contributed by atoms with van der Waals surface area (Å²) in [4.78, 5) is 16.7. The van der Waals surface area contributed by atoms with Gasteiger partial charge in [0.15, 0.2) is 0 Å². The molecule has 1 amide bonds. The minimum atomic E-state index is -0.408. The number of hydrogen-bond acceptors (Lipinski definition) is 2. The molecular formula is C11H14ClNO2. The maximum atomic E-state index is 11.5. The van der Waals surface area contributed by atoms with Crippen LogP contribution in [0.5, 0.6) is 0 Å². The van der Waals surface area contributed by atoms with Gasteiger partial charge in [-0.05, 0) is 39.0 Å². The van der Waals surface area contributed by atoms with Crippen LogP contribution in [0.25, 0.3) is 0 Å². The molecule has 0 aromatic heterocycles. The van der Waals surface area contributed by atoms with Crippen LogP contribution < -0.4 is 5.48 Å². The summed E-state index contributed by atoms with van der Waals surface area (Å²) in [5.41, 5.74) is 2.44. The Bertz CT molecular complexity index is 358. The average Bonchev–Trinajstić information content (AvgIpc) is 2.13. The molecule has 0 atom stereocenters. The molecule has 0 bridgehead atoms. The largest absolute Gasteiger partial charge is 0.274 e. The van der Waals surface area contributed by atoms with Gasteiger partial charge in [0.25, 0.3) is 5.91 Å². The molecule has 0 unspecified atom stereocenters. The molecule has 15 heavy (non-hydrogen) atoms. The number of rotatable bonds is 2. The Kier molecular flexibility index (Phi) is 3.72. The molecule has 0 aliphatic carbocycles. The monoisotopic (exact) mass is 227 g/mol. The highest BCUT2D eigenvalue weighted by Crippen LogP contribution is 2.11. The molecule has 0 heterocycles. The minimum Gasteiger partial charge on any atom is -0.268 e. The van der Waals surface area contributed by atoms with E-state index in [4.69, 9.17) is 16.4 Å². The van der Waals surface area contributed by atoms with Crippen LogP contribution in [0.3, 0.4) is 0 Å². The maximum Gasteiger partial charge on any atom is 0.274 e. The Labute approximate surface area is 94.3 Å². The molecule has 1 N–H and O–H groups in total. The van der Waals surface area contributed by atoms with Gasteiger partial charge < -0.3 is 0 Å². The molecule has 0 saturated heterocycles. The van der Waals surface area contributed by atoms with Gasteiger partial charge in [0.05, 0.1) is 5.60 Å². The van der Waals surface area contributed by atoms with Gasteiger partial charge in [-0.1, -0.05) is 17.7 Å². The number of halogens is 1. The van der Waals surface area contributed by atoms with Crippen molar-refractivity contribution in [2.24, 2.45) is 0 Å². The lowest BCUT2D eigenvalue weighted by Gasteiger charge is -2.18. The summed E-state index contributed by atoms with van der Waals surface area (Å²) in [7, 11) is 0. The molecule has 1 rings (SSSR count). The number of nitrogens with one attached hydrogen (secondary N) is 1. The van der Waals surface area contributed by atoms with Crippen LogP contribution >= 0.6 is 11.6 Å². The Morgan fingerprint density at radius 1 is 1.40 bits per heavy atom. The van der Waals surface area contributed by atoms with Gasteiger partial charge >= 0.3 is 0 Å². The summed E-state index contributed by atoms with van der Waals surface area (Å²) in [5.74, 6) is -0.299. The van der Waals surface area contributed by atoms with Crippen LogP contribution in [0.15, 0.2) is 24.3 Å². The highest BCUT2D eigenvalue weighted by atomic mass is 35.5. The summed E-state index contributed by atoms with van der Waals surface area (Å²) in [6, 6.07) is 6.69. The van der Waals surface area contributed by atoms with Gasteiger partial charge in [0.1, 0.15) is 0 Å². The molecule has 0 radical (unpaired) electrons. The molecule has 1 aromatic carbocycles. The standard InChI is InChI=1S/C11H14ClNO2/c1-11(2,3)15-13-10(14)8-5-4-6-9(12)7-8/h4-7H,1-3H3,(H,13,14). The predicted molar refractivity (Wildman–Crippen MR) is 59.8 cm³/mol. The van der Waals surface area contributed by atoms with Gasteiger partial charge in [-0.3, -0.25) is 9.63 Å². The summed E-state index contributed by atoms with van der Waals surface area (Å²) >= 11 is 5.76. The fourth-order valence-electron chi connectivity index (χ4n) is 0.888. The zero-order chi connectivity index (χ0) is 11.5. The van der Waals surface area contributed by atoms with Crippen LogP contribution in [-0.2, 0) is 4.84 Å². The molecule has 0 aliphatic rings. The number of carbonyl (C=O) groups excluding carboxylic acids is 1. The van der Waals surface area contributed by atoms with E-state index in [1.165, 1.54) is 0 Å². The quantitative estimate of drug-likeness (QED) is 0.789. The van der Waals surface area contributed by atoms with Crippen molar-refractivity contribution in [2.75, 3.05) is 0 Å². The van der Waals surface area contributed by atoms with E-state index in [-0.39, 0.29) is 5.91 Å². The van der Waals surface area contributed by atoms with E-state index in [2.05, 4.69) is 5.48 Å². The van der Waals surface area contributed by atoms with Crippen LogP contribution in [0, 0.1) is 0 Å². The van der Waals surface area contributed by atoms with E-state index in [1.54, 1.807) is 24.3 Å². The number of carbonyl (C=O) groups is 1. The molecule has 0 saturated carbocycles. The van der Waals surface area contributed by atoms with Crippen LogP contribution in [-0.4, -0.2) is 11.5 Å². The molecule has 0 spiro atoms. The van der Waals surface area contributed by atoms with Gasteiger partial charge in [-0.25, -0.2) is 5.48 Å². The van der Waals surface area contributed by atoms with Crippen LogP contribution in [0.4, 0.5) is 0 Å². The lowest BCUT2D eigenvalue weighted by Crippen LogP contribution is -2.33. The number of hydrogen-bond donors (Lipinski definition) is 1. The van der Waals surface area contributed by atoms with Gasteiger partial charge in [-0.15, -0.1) is 0 Å². The summed E-state index contributed by atoms with van der Waals surface area (Å²) < 4.78 is 0. The Balaban J connectivity index is 2.62. The molecule has 0 aliphatic heterocycles. The number of amides is 1. The first-order valence-electron chi connectivity index (χ1n) is 4.62. The summed E-state index contributed by atoms with van der Waals surface area (Å²) in [5, 5.41) is 0.526. The van der Waals surface area contributed by atoms with Crippen molar-refractivity contribution in [2.45, 2.75) is 26.4 Å². The number of benzene rings is 1. The highest BCUT2D eigenvalue weighted by Gasteiger charge is 2.13. The van der Waals surface area contributed by atoms with E-state index < -0.39 is 5.60 Å². The van der Waals surface area contributed by atoms with E-state index in [1.807, 2.05) is 20.8 Å². The third-order valence-corrected chi connectivity index (χ3v) is 1.77. The second-order valence-electron chi connectivity index (χ2n) is 4.16. The lowest BCUT2D eigenvalue weighted by molar-refractivity contribution is -0.0589. The van der Waals surface area contributed by atoms with E-state index in [0.29, 0.717) is 10.6 Å². The van der Waals surface area contributed by atoms with Crippen molar-refractivity contribution in [3.8, 4) is 0 Å². The smallest absolute Gasteiger partial charge is 0.268 e. The van der Waals surface area contributed by atoms with Gasteiger partial charge in [-0.2, -0.15) is 0 Å². The second kappa shape index (κ2) is 4.64. The Morgan fingerprint density at radius 2 is 2.07 bits per heavy atom. The highest BCUT2D eigenvalue weighted by molar-refractivity contribution is 6.30. The number of hydroxylamine groups is 1. The van der Waals surface area contributed by atoms with Crippen molar-refractivity contribution in [1.82, 2.24) is 5.48 Å². The molecule has 1 aromatic rings. The maximum absolute atomic E-state index is 11.5. The first-order chi connectivity index (χ1) is 6.88.